The molecule has 5 nitrogen and oxygen atoms in total. The van der Waals surface area contributed by atoms with E-state index in [1.54, 1.807) is 12.1 Å². The van der Waals surface area contributed by atoms with E-state index in [1.807, 2.05) is 6.07 Å². The molecule has 0 saturated heterocycles. The van der Waals surface area contributed by atoms with Crippen molar-refractivity contribution in [2.45, 2.75) is 39.3 Å². The molecule has 2 aromatic rings. The van der Waals surface area contributed by atoms with Gasteiger partial charge in [-0.1, -0.05) is 69.3 Å². The highest BCUT2D eigenvalue weighted by Gasteiger charge is 2.13. The predicted molar refractivity (Wildman–Crippen MR) is 131 cm³/mol. The van der Waals surface area contributed by atoms with E-state index in [-0.39, 0.29) is 5.41 Å². The van der Waals surface area contributed by atoms with E-state index >= 15 is 0 Å². The van der Waals surface area contributed by atoms with Gasteiger partial charge in [-0.05, 0) is 52.0 Å². The minimum absolute atomic E-state index is 0.126. The molecule has 0 radical (unpaired) electrons. The molecule has 0 saturated carbocycles. The molecule has 0 spiro atoms. The van der Waals surface area contributed by atoms with Crippen molar-refractivity contribution in [2.24, 2.45) is 0 Å². The van der Waals surface area contributed by atoms with Crippen molar-refractivity contribution in [2.75, 3.05) is 11.0 Å². The summed E-state index contributed by atoms with van der Waals surface area (Å²) < 4.78 is 25.5. The molecule has 0 bridgehead atoms. The molecule has 0 heterocycles. The van der Waals surface area contributed by atoms with Crippen LogP contribution in [0.4, 0.5) is 5.69 Å². The molecule has 0 fully saturated rings. The van der Waals surface area contributed by atoms with Crippen LogP contribution in [0.15, 0.2) is 43.0 Å². The maximum absolute atomic E-state index is 11.5. The molecule has 0 aliphatic carbocycles. The molecule has 0 unspecified atom stereocenters. The quantitative estimate of drug-likeness (QED) is 0.511. The first-order valence-electron chi connectivity index (χ1n) is 9.43. The summed E-state index contributed by atoms with van der Waals surface area (Å²) in [5.41, 5.74) is 4.32. The molecule has 30 heavy (non-hydrogen) atoms. The molecule has 2 aromatic carbocycles. The number of benzene rings is 2. The number of hydrogen-bond acceptors (Lipinski definition) is 3. The number of anilines is 1. The monoisotopic (exact) mass is 465 g/mol. The fourth-order valence-corrected chi connectivity index (χ4v) is 3.89. The summed E-state index contributed by atoms with van der Waals surface area (Å²) in [4.78, 5) is 0. The molecule has 162 valence electrons. The van der Waals surface area contributed by atoms with Crippen LogP contribution in [0.3, 0.4) is 0 Å². The van der Waals surface area contributed by atoms with E-state index in [0.29, 0.717) is 34.5 Å². The number of nitrogens with one attached hydrogen (secondary N) is 3. The third-order valence-corrected chi connectivity index (χ3v) is 5.58. The zero-order valence-electron chi connectivity index (χ0n) is 17.7. The average Bonchev–Trinajstić information content (AvgIpc) is 2.65. The van der Waals surface area contributed by atoms with Crippen LogP contribution >= 0.6 is 23.8 Å². The Labute approximate surface area is 190 Å². The Kier molecular flexibility index (Phi) is 7.91. The van der Waals surface area contributed by atoms with Crippen LogP contribution in [0, 0.1) is 0 Å². The van der Waals surface area contributed by atoms with Gasteiger partial charge in [0.05, 0.1) is 17.0 Å². The average molecular weight is 466 g/mol. The molecule has 2 rings (SSSR count). The van der Waals surface area contributed by atoms with Gasteiger partial charge >= 0.3 is 0 Å². The Bertz CT molecular complexity index is 1030. The largest absolute Gasteiger partial charge is 0.359 e. The highest BCUT2D eigenvalue weighted by molar-refractivity contribution is 7.92. The van der Waals surface area contributed by atoms with Crippen molar-refractivity contribution in [3.63, 3.8) is 0 Å². The Morgan fingerprint density at radius 2 is 1.67 bits per heavy atom. The van der Waals surface area contributed by atoms with E-state index in [1.165, 1.54) is 5.56 Å². The fraction of sp³-hybridized carbons (Fsp3) is 0.318. The summed E-state index contributed by atoms with van der Waals surface area (Å²) in [6.45, 7) is 11.4. The third-order valence-electron chi connectivity index (χ3n) is 4.41. The highest BCUT2D eigenvalue weighted by atomic mass is 35.5. The minimum atomic E-state index is -3.44. The van der Waals surface area contributed by atoms with E-state index in [9.17, 15) is 8.42 Å². The van der Waals surface area contributed by atoms with Crippen LogP contribution < -0.4 is 15.4 Å². The Morgan fingerprint density at radius 3 is 2.17 bits per heavy atom. The lowest BCUT2D eigenvalue weighted by atomic mass is 9.87. The van der Waals surface area contributed by atoms with Crippen LogP contribution in [0.25, 0.3) is 6.08 Å². The van der Waals surface area contributed by atoms with Crippen LogP contribution in [0.1, 0.15) is 43.0 Å². The number of rotatable bonds is 7. The van der Waals surface area contributed by atoms with Gasteiger partial charge in [0.15, 0.2) is 5.11 Å². The maximum atomic E-state index is 11.5. The van der Waals surface area contributed by atoms with Gasteiger partial charge < -0.3 is 10.6 Å². The Hall–Kier alpha value is -2.09. The zero-order valence-corrected chi connectivity index (χ0v) is 20.1. The summed E-state index contributed by atoms with van der Waals surface area (Å²) in [6, 6.07) is 12.0. The molecule has 0 aromatic heterocycles. The normalized spacial score (nSPS) is 11.6. The van der Waals surface area contributed by atoms with E-state index in [0.717, 1.165) is 17.4 Å². The number of sulfonamides is 1. The lowest BCUT2D eigenvalue weighted by Gasteiger charge is -2.19. The molecule has 0 atom stereocenters. The van der Waals surface area contributed by atoms with E-state index in [2.05, 4.69) is 67.0 Å². The number of hydrogen-bond donors (Lipinski definition) is 3. The van der Waals surface area contributed by atoms with Crippen molar-refractivity contribution in [3.05, 3.63) is 70.3 Å². The van der Waals surface area contributed by atoms with Crippen LogP contribution in [-0.4, -0.2) is 19.8 Å². The second-order valence-corrected chi connectivity index (χ2v) is 10.7. The van der Waals surface area contributed by atoms with Gasteiger partial charge in [0, 0.05) is 13.1 Å². The van der Waals surface area contributed by atoms with Crippen LogP contribution in [-0.2, 0) is 28.5 Å². The van der Waals surface area contributed by atoms with Gasteiger partial charge in [-0.3, -0.25) is 4.72 Å². The van der Waals surface area contributed by atoms with Gasteiger partial charge in [0.2, 0.25) is 10.0 Å². The first kappa shape index (κ1) is 24.2. The minimum Gasteiger partial charge on any atom is -0.359 e. The summed E-state index contributed by atoms with van der Waals surface area (Å²) in [5, 5.41) is 7.15. The van der Waals surface area contributed by atoms with Gasteiger partial charge in [0.25, 0.3) is 0 Å². The van der Waals surface area contributed by atoms with Crippen molar-refractivity contribution < 1.29 is 8.42 Å². The van der Waals surface area contributed by atoms with Gasteiger partial charge in [-0.2, -0.15) is 0 Å². The van der Waals surface area contributed by atoms with Crippen LogP contribution in [0.5, 0.6) is 0 Å². The lowest BCUT2D eigenvalue weighted by Crippen LogP contribution is -2.34. The molecular weight excluding hydrogens is 438 g/mol. The topological polar surface area (TPSA) is 70.2 Å². The lowest BCUT2D eigenvalue weighted by molar-refractivity contribution is 0.590. The van der Waals surface area contributed by atoms with E-state index in [4.69, 9.17) is 23.8 Å². The second-order valence-electron chi connectivity index (χ2n) is 8.10. The first-order valence-corrected chi connectivity index (χ1v) is 12.1. The van der Waals surface area contributed by atoms with Gasteiger partial charge in [0.1, 0.15) is 0 Å². The summed E-state index contributed by atoms with van der Waals surface area (Å²) >= 11 is 11.6. The Morgan fingerprint density at radius 1 is 1.10 bits per heavy atom. The van der Waals surface area contributed by atoms with E-state index < -0.39 is 10.0 Å². The molecule has 0 amide bonds. The summed E-state index contributed by atoms with van der Waals surface area (Å²) in [5.74, 6) is 0. The molecule has 3 N–H and O–H groups in total. The van der Waals surface area contributed by atoms with Crippen molar-refractivity contribution in [3.8, 4) is 0 Å². The highest BCUT2D eigenvalue weighted by Crippen LogP contribution is 2.29. The first-order chi connectivity index (χ1) is 13.9. The molecule has 8 heteroatoms. The third kappa shape index (κ3) is 7.31. The van der Waals surface area contributed by atoms with Crippen molar-refractivity contribution >= 4 is 50.7 Å². The fourth-order valence-electron chi connectivity index (χ4n) is 2.79. The predicted octanol–water partition coefficient (Wildman–Crippen LogP) is 4.82. The second kappa shape index (κ2) is 9.81. The van der Waals surface area contributed by atoms with Crippen LogP contribution in [0.2, 0.25) is 5.02 Å². The maximum Gasteiger partial charge on any atom is 0.229 e. The molecule has 0 aliphatic heterocycles. The van der Waals surface area contributed by atoms with Crippen molar-refractivity contribution in [1.29, 1.82) is 0 Å². The standard InChI is InChI=1S/C22H28ClN3O2S2/c1-6-17-11-16(12-19(23)20(17)26-30(5,27)28)14-25-21(29)24-13-15-7-9-18(10-8-15)22(2,3)4/h6-12,26H,1,13-14H2,2-5H3,(H2,24,25,29). The number of thiocarbonyl (C=S) groups is 1. The van der Waals surface area contributed by atoms with Gasteiger partial charge in [-0.15, -0.1) is 0 Å². The summed E-state index contributed by atoms with van der Waals surface area (Å²) in [6.07, 6.45) is 2.63. The number of halogens is 1. The van der Waals surface area contributed by atoms with Gasteiger partial charge in [-0.25, -0.2) is 8.42 Å². The summed E-state index contributed by atoms with van der Waals surface area (Å²) in [7, 11) is -3.44. The molecular formula is C22H28ClN3O2S2. The smallest absolute Gasteiger partial charge is 0.229 e. The SMILES string of the molecule is C=Cc1cc(CNC(=S)NCc2ccc(C(C)(C)C)cc2)cc(Cl)c1NS(C)(=O)=O. The molecule has 0 aliphatic rings. The van der Waals surface area contributed by atoms with Crippen molar-refractivity contribution in [1.82, 2.24) is 10.6 Å². The zero-order chi connectivity index (χ0) is 22.5. The Balaban J connectivity index is 1.96.